The van der Waals surface area contributed by atoms with Gasteiger partial charge in [-0.1, -0.05) is 42.5 Å². The van der Waals surface area contributed by atoms with Crippen molar-refractivity contribution < 1.29 is 4.79 Å². The molecule has 2 aromatic carbocycles. The number of anilines is 1. The Hall–Kier alpha value is -2.33. The molecular weight excluding hydrogens is 298 g/mol. The number of amides is 2. The number of para-hydroxylation sites is 1. The number of carbonyl (C=O) groups excluding carboxylic acids is 1. The number of fused-ring (bicyclic) bond motifs is 1. The van der Waals surface area contributed by atoms with Crippen molar-refractivity contribution in [1.82, 2.24) is 10.2 Å². The zero-order valence-corrected chi connectivity index (χ0v) is 14.4. The summed E-state index contributed by atoms with van der Waals surface area (Å²) in [5.74, 6) is 0. The van der Waals surface area contributed by atoms with Crippen LogP contribution in [0.25, 0.3) is 0 Å². The predicted octanol–water partition coefficient (Wildman–Crippen LogP) is 3.65. The van der Waals surface area contributed by atoms with Gasteiger partial charge in [0.25, 0.3) is 0 Å². The van der Waals surface area contributed by atoms with Crippen LogP contribution in [0.4, 0.5) is 10.5 Å². The second-order valence-electron chi connectivity index (χ2n) is 6.93. The van der Waals surface area contributed by atoms with Gasteiger partial charge in [0.1, 0.15) is 0 Å². The fraction of sp³-hybridized carbons (Fsp3) is 0.350. The lowest BCUT2D eigenvalue weighted by Gasteiger charge is -2.41. The Balaban J connectivity index is 1.55. The molecule has 2 aromatic rings. The summed E-state index contributed by atoms with van der Waals surface area (Å²) < 4.78 is 0. The van der Waals surface area contributed by atoms with Crippen LogP contribution in [0.3, 0.4) is 0 Å². The number of hydrogen-bond acceptors (Lipinski definition) is 2. The van der Waals surface area contributed by atoms with E-state index < -0.39 is 0 Å². The molecule has 0 unspecified atom stereocenters. The van der Waals surface area contributed by atoms with E-state index in [-0.39, 0.29) is 11.6 Å². The van der Waals surface area contributed by atoms with Gasteiger partial charge in [0.05, 0.1) is 0 Å². The molecule has 0 aromatic heterocycles. The molecule has 1 heterocycles. The highest BCUT2D eigenvalue weighted by Crippen LogP contribution is 2.24. The maximum atomic E-state index is 12.1. The Morgan fingerprint density at radius 2 is 1.71 bits per heavy atom. The van der Waals surface area contributed by atoms with Crippen LogP contribution in [0, 0.1) is 0 Å². The lowest BCUT2D eigenvalue weighted by molar-refractivity contribution is 0.105. The van der Waals surface area contributed by atoms with E-state index in [1.807, 2.05) is 30.3 Å². The number of carbonyl (C=O) groups is 1. The number of nitrogens with zero attached hydrogens (tertiary/aromatic N) is 1. The first-order valence-corrected chi connectivity index (χ1v) is 8.46. The van der Waals surface area contributed by atoms with Gasteiger partial charge in [-0.25, -0.2) is 4.79 Å². The van der Waals surface area contributed by atoms with Crippen molar-refractivity contribution in [3.8, 4) is 0 Å². The van der Waals surface area contributed by atoms with Crippen LogP contribution in [-0.2, 0) is 13.0 Å². The lowest BCUT2D eigenvalue weighted by Crippen LogP contribution is -2.53. The fourth-order valence-corrected chi connectivity index (χ4v) is 3.12. The molecule has 0 aliphatic carbocycles. The minimum atomic E-state index is -0.160. The van der Waals surface area contributed by atoms with Crippen molar-refractivity contribution in [2.45, 2.75) is 32.4 Å². The van der Waals surface area contributed by atoms with Crippen LogP contribution in [0.15, 0.2) is 54.6 Å². The highest BCUT2D eigenvalue weighted by Gasteiger charge is 2.30. The number of rotatable bonds is 4. The summed E-state index contributed by atoms with van der Waals surface area (Å²) in [6.07, 6.45) is 1.07. The topological polar surface area (TPSA) is 44.4 Å². The molecule has 0 radical (unpaired) electrons. The van der Waals surface area contributed by atoms with Crippen LogP contribution < -0.4 is 10.6 Å². The van der Waals surface area contributed by atoms with E-state index in [2.05, 4.69) is 53.6 Å². The zero-order valence-electron chi connectivity index (χ0n) is 14.4. The largest absolute Gasteiger partial charge is 0.336 e. The summed E-state index contributed by atoms with van der Waals surface area (Å²) in [5, 5.41) is 5.87. The van der Waals surface area contributed by atoms with Gasteiger partial charge in [-0.05, 0) is 43.5 Å². The average Bonchev–Trinajstić information content (AvgIpc) is 2.60. The average molecular weight is 323 g/mol. The molecule has 2 amide bonds. The van der Waals surface area contributed by atoms with Gasteiger partial charge < -0.3 is 10.6 Å². The van der Waals surface area contributed by atoms with E-state index in [0.717, 1.165) is 25.2 Å². The van der Waals surface area contributed by atoms with Crippen molar-refractivity contribution in [3.63, 3.8) is 0 Å². The van der Waals surface area contributed by atoms with Crippen molar-refractivity contribution in [1.29, 1.82) is 0 Å². The van der Waals surface area contributed by atoms with Crippen LogP contribution in [0.1, 0.15) is 25.0 Å². The fourth-order valence-electron chi connectivity index (χ4n) is 3.12. The second kappa shape index (κ2) is 7.05. The first-order valence-electron chi connectivity index (χ1n) is 8.46. The van der Waals surface area contributed by atoms with Gasteiger partial charge in [-0.15, -0.1) is 0 Å². The van der Waals surface area contributed by atoms with E-state index in [9.17, 15) is 4.79 Å². The quantitative estimate of drug-likeness (QED) is 0.902. The van der Waals surface area contributed by atoms with E-state index >= 15 is 0 Å². The van der Waals surface area contributed by atoms with Crippen molar-refractivity contribution >= 4 is 11.7 Å². The smallest absolute Gasteiger partial charge is 0.319 e. The van der Waals surface area contributed by atoms with Crippen LogP contribution in [0.5, 0.6) is 0 Å². The Morgan fingerprint density at radius 1 is 1.04 bits per heavy atom. The van der Waals surface area contributed by atoms with Crippen LogP contribution >= 0.6 is 0 Å². The maximum Gasteiger partial charge on any atom is 0.319 e. The summed E-state index contributed by atoms with van der Waals surface area (Å²) in [6.45, 7) is 6.93. The highest BCUT2D eigenvalue weighted by molar-refractivity contribution is 5.89. The number of nitrogens with one attached hydrogen (secondary N) is 2. The minimum absolute atomic E-state index is 0.0957. The number of hydrogen-bond donors (Lipinski definition) is 2. The monoisotopic (exact) mass is 323 g/mol. The summed E-state index contributed by atoms with van der Waals surface area (Å²) >= 11 is 0. The van der Waals surface area contributed by atoms with Gasteiger partial charge in [0.2, 0.25) is 0 Å². The molecule has 24 heavy (non-hydrogen) atoms. The highest BCUT2D eigenvalue weighted by atomic mass is 16.2. The van der Waals surface area contributed by atoms with Crippen LogP contribution in [-0.4, -0.2) is 29.6 Å². The van der Waals surface area contributed by atoms with Gasteiger partial charge in [-0.3, -0.25) is 4.90 Å². The molecule has 0 bridgehead atoms. The van der Waals surface area contributed by atoms with Crippen LogP contribution in [0.2, 0.25) is 0 Å². The molecule has 0 saturated heterocycles. The third-order valence-corrected chi connectivity index (χ3v) is 4.70. The molecule has 0 atom stereocenters. The molecule has 0 spiro atoms. The van der Waals surface area contributed by atoms with E-state index in [1.54, 1.807) is 0 Å². The van der Waals surface area contributed by atoms with Crippen molar-refractivity contribution in [2.75, 3.05) is 18.4 Å². The van der Waals surface area contributed by atoms with Gasteiger partial charge >= 0.3 is 6.03 Å². The summed E-state index contributed by atoms with van der Waals surface area (Å²) in [7, 11) is 0. The molecule has 3 rings (SSSR count). The molecule has 4 nitrogen and oxygen atoms in total. The zero-order chi connectivity index (χ0) is 17.0. The Morgan fingerprint density at radius 3 is 2.46 bits per heavy atom. The van der Waals surface area contributed by atoms with Gasteiger partial charge in [0.15, 0.2) is 0 Å². The van der Waals surface area contributed by atoms with Gasteiger partial charge in [-0.2, -0.15) is 0 Å². The van der Waals surface area contributed by atoms with E-state index in [1.165, 1.54) is 11.1 Å². The Bertz CT molecular complexity index is 697. The standard InChI is InChI=1S/C20H25N3O/c1-20(2,15-21-19(24)22-18-10-4-3-5-11-18)23-13-12-16-8-6-7-9-17(16)14-23/h3-11H,12-15H2,1-2H3,(H2,21,22,24). The molecule has 126 valence electrons. The SMILES string of the molecule is CC(C)(CNC(=O)Nc1ccccc1)N1CCc2ccccc2C1. The number of benzene rings is 2. The normalized spacial score (nSPS) is 14.8. The molecule has 2 N–H and O–H groups in total. The van der Waals surface area contributed by atoms with E-state index in [4.69, 9.17) is 0 Å². The molecular formula is C20H25N3O. The predicted molar refractivity (Wildman–Crippen MR) is 98.1 cm³/mol. The first kappa shape index (κ1) is 16.5. The Kier molecular flexibility index (Phi) is 4.86. The maximum absolute atomic E-state index is 12.1. The molecule has 0 saturated carbocycles. The molecule has 1 aliphatic heterocycles. The third kappa shape index (κ3) is 3.95. The summed E-state index contributed by atoms with van der Waals surface area (Å²) in [5.41, 5.74) is 3.55. The van der Waals surface area contributed by atoms with Crippen molar-refractivity contribution in [2.24, 2.45) is 0 Å². The van der Waals surface area contributed by atoms with Crippen molar-refractivity contribution in [3.05, 3.63) is 65.7 Å². The molecule has 0 fully saturated rings. The molecule has 1 aliphatic rings. The first-order chi connectivity index (χ1) is 11.5. The second-order valence-corrected chi connectivity index (χ2v) is 6.93. The third-order valence-electron chi connectivity index (χ3n) is 4.70. The van der Waals surface area contributed by atoms with Gasteiger partial charge in [0, 0.05) is 30.9 Å². The van der Waals surface area contributed by atoms with E-state index in [0.29, 0.717) is 6.54 Å². The lowest BCUT2D eigenvalue weighted by atomic mass is 9.94. The number of urea groups is 1. The summed E-state index contributed by atoms with van der Waals surface area (Å²) in [6, 6.07) is 18.0. The Labute approximate surface area is 143 Å². The minimum Gasteiger partial charge on any atom is -0.336 e. The summed E-state index contributed by atoms with van der Waals surface area (Å²) in [4.78, 5) is 14.5. The molecule has 4 heteroatoms.